The van der Waals surface area contributed by atoms with Gasteiger partial charge in [-0.2, -0.15) is 0 Å². The number of fused-ring (bicyclic) bond motifs is 1. The number of pyridine rings is 1. The van der Waals surface area contributed by atoms with E-state index in [9.17, 15) is 0 Å². The average molecular weight is 263 g/mol. The minimum absolute atomic E-state index is 0.447. The zero-order valence-corrected chi connectivity index (χ0v) is 10.8. The predicted molar refractivity (Wildman–Crippen MR) is 74.2 cm³/mol. The zero-order chi connectivity index (χ0) is 12.4. The molecule has 1 fully saturated rings. The summed E-state index contributed by atoms with van der Waals surface area (Å²) in [6, 6.07) is 8.30. The van der Waals surface area contributed by atoms with E-state index in [4.69, 9.17) is 16.3 Å². The largest absolute Gasteiger partial charge is 0.381 e. The van der Waals surface area contributed by atoms with E-state index >= 15 is 0 Å². The van der Waals surface area contributed by atoms with Gasteiger partial charge in [0.15, 0.2) is 0 Å². The molecule has 4 heteroatoms. The van der Waals surface area contributed by atoms with Crippen LogP contribution in [0.4, 0.5) is 5.69 Å². The molecule has 3 nitrogen and oxygen atoms in total. The van der Waals surface area contributed by atoms with Crippen LogP contribution >= 0.6 is 11.6 Å². The SMILES string of the molecule is Clc1cc(NC2CCOCC2)c2ncccc2c1. The highest BCUT2D eigenvalue weighted by atomic mass is 35.5. The molecule has 94 valence electrons. The van der Waals surface area contributed by atoms with Crippen LogP contribution in [0.5, 0.6) is 0 Å². The smallest absolute Gasteiger partial charge is 0.0934 e. The second-order valence-corrected chi connectivity index (χ2v) is 5.00. The van der Waals surface area contributed by atoms with Gasteiger partial charge in [-0.1, -0.05) is 17.7 Å². The number of halogens is 1. The van der Waals surface area contributed by atoms with Gasteiger partial charge in [0.2, 0.25) is 0 Å². The molecular formula is C14H15ClN2O. The van der Waals surface area contributed by atoms with Gasteiger partial charge in [-0.15, -0.1) is 0 Å². The van der Waals surface area contributed by atoms with E-state index in [2.05, 4.69) is 10.3 Å². The van der Waals surface area contributed by atoms with Crippen molar-refractivity contribution in [3.05, 3.63) is 35.5 Å². The Morgan fingerprint density at radius 2 is 2.11 bits per heavy atom. The maximum atomic E-state index is 6.15. The molecule has 0 radical (unpaired) electrons. The first-order chi connectivity index (χ1) is 8.83. The van der Waals surface area contributed by atoms with Crippen molar-refractivity contribution in [2.75, 3.05) is 18.5 Å². The third kappa shape index (κ3) is 2.42. The van der Waals surface area contributed by atoms with Crippen molar-refractivity contribution < 1.29 is 4.74 Å². The van der Waals surface area contributed by atoms with Crippen LogP contribution < -0.4 is 5.32 Å². The topological polar surface area (TPSA) is 34.1 Å². The molecule has 0 bridgehead atoms. The fraction of sp³-hybridized carbons (Fsp3) is 0.357. The van der Waals surface area contributed by atoms with E-state index in [0.29, 0.717) is 6.04 Å². The van der Waals surface area contributed by atoms with Crippen molar-refractivity contribution in [1.82, 2.24) is 4.98 Å². The van der Waals surface area contributed by atoms with Crippen LogP contribution in [0.3, 0.4) is 0 Å². The minimum atomic E-state index is 0.447. The number of nitrogens with zero attached hydrogens (tertiary/aromatic N) is 1. The maximum absolute atomic E-state index is 6.15. The Morgan fingerprint density at radius 1 is 1.28 bits per heavy atom. The molecule has 0 spiro atoms. The van der Waals surface area contributed by atoms with Crippen LogP contribution in [0, 0.1) is 0 Å². The standard InChI is InChI=1S/C14H15ClN2O/c15-11-8-10-2-1-5-16-14(10)13(9-11)17-12-3-6-18-7-4-12/h1-2,5,8-9,12,17H,3-4,6-7H2. The lowest BCUT2D eigenvalue weighted by Crippen LogP contribution is -2.27. The second-order valence-electron chi connectivity index (χ2n) is 4.56. The van der Waals surface area contributed by atoms with Crippen LogP contribution in [-0.2, 0) is 4.74 Å². The highest BCUT2D eigenvalue weighted by Gasteiger charge is 2.15. The number of anilines is 1. The predicted octanol–water partition coefficient (Wildman–Crippen LogP) is 3.48. The number of aromatic nitrogens is 1. The number of hydrogen-bond acceptors (Lipinski definition) is 3. The highest BCUT2D eigenvalue weighted by molar-refractivity contribution is 6.31. The Hall–Kier alpha value is -1.32. The summed E-state index contributed by atoms with van der Waals surface area (Å²) in [4.78, 5) is 4.44. The summed E-state index contributed by atoms with van der Waals surface area (Å²) in [7, 11) is 0. The van der Waals surface area contributed by atoms with Gasteiger partial charge in [0, 0.05) is 35.9 Å². The van der Waals surface area contributed by atoms with Gasteiger partial charge in [-0.25, -0.2) is 0 Å². The number of rotatable bonds is 2. The van der Waals surface area contributed by atoms with Crippen LogP contribution in [0.2, 0.25) is 5.02 Å². The molecule has 1 aromatic carbocycles. The fourth-order valence-electron chi connectivity index (χ4n) is 2.33. The van der Waals surface area contributed by atoms with E-state index < -0.39 is 0 Å². The Balaban J connectivity index is 1.94. The molecule has 1 saturated heterocycles. The molecule has 1 aliphatic rings. The van der Waals surface area contributed by atoms with Gasteiger partial charge in [-0.05, 0) is 31.0 Å². The molecule has 1 aliphatic heterocycles. The summed E-state index contributed by atoms with van der Waals surface area (Å²) < 4.78 is 5.37. The van der Waals surface area contributed by atoms with Gasteiger partial charge in [0.25, 0.3) is 0 Å². The number of hydrogen-bond donors (Lipinski definition) is 1. The second kappa shape index (κ2) is 5.12. The summed E-state index contributed by atoms with van der Waals surface area (Å²) in [5, 5.41) is 5.35. The molecule has 1 N–H and O–H groups in total. The third-order valence-electron chi connectivity index (χ3n) is 3.25. The van der Waals surface area contributed by atoms with Crippen molar-refractivity contribution in [2.24, 2.45) is 0 Å². The van der Waals surface area contributed by atoms with Gasteiger partial charge < -0.3 is 10.1 Å². The first kappa shape index (κ1) is 11.8. The number of ether oxygens (including phenoxy) is 1. The van der Waals surface area contributed by atoms with Crippen molar-refractivity contribution >= 4 is 28.2 Å². The molecule has 3 rings (SSSR count). The molecule has 0 unspecified atom stereocenters. The Bertz CT molecular complexity index is 552. The summed E-state index contributed by atoms with van der Waals surface area (Å²) in [6.45, 7) is 1.65. The van der Waals surface area contributed by atoms with Crippen LogP contribution in [0.1, 0.15) is 12.8 Å². The molecule has 18 heavy (non-hydrogen) atoms. The van der Waals surface area contributed by atoms with E-state index in [0.717, 1.165) is 47.7 Å². The minimum Gasteiger partial charge on any atom is -0.381 e. The Morgan fingerprint density at radius 3 is 2.94 bits per heavy atom. The van der Waals surface area contributed by atoms with Crippen molar-refractivity contribution in [3.8, 4) is 0 Å². The molecule has 0 atom stereocenters. The van der Waals surface area contributed by atoms with Gasteiger partial charge in [-0.3, -0.25) is 4.98 Å². The van der Waals surface area contributed by atoms with Gasteiger partial charge in [0.05, 0.1) is 11.2 Å². The first-order valence-electron chi connectivity index (χ1n) is 6.21. The molecule has 2 heterocycles. The molecule has 2 aromatic rings. The lowest BCUT2D eigenvalue weighted by Gasteiger charge is -2.24. The van der Waals surface area contributed by atoms with Gasteiger partial charge >= 0.3 is 0 Å². The summed E-state index contributed by atoms with van der Waals surface area (Å²) >= 11 is 6.15. The van der Waals surface area contributed by atoms with Crippen molar-refractivity contribution in [1.29, 1.82) is 0 Å². The fourth-order valence-corrected chi connectivity index (χ4v) is 2.55. The quantitative estimate of drug-likeness (QED) is 0.900. The lowest BCUT2D eigenvalue weighted by molar-refractivity contribution is 0.0905. The maximum Gasteiger partial charge on any atom is 0.0934 e. The zero-order valence-electron chi connectivity index (χ0n) is 10.0. The molecular weight excluding hydrogens is 248 g/mol. The van der Waals surface area contributed by atoms with Crippen molar-refractivity contribution in [3.63, 3.8) is 0 Å². The molecule has 0 amide bonds. The Kier molecular flexibility index (Phi) is 3.35. The van der Waals surface area contributed by atoms with Gasteiger partial charge in [0.1, 0.15) is 0 Å². The van der Waals surface area contributed by atoms with E-state index in [1.54, 1.807) is 0 Å². The van der Waals surface area contributed by atoms with E-state index in [-0.39, 0.29) is 0 Å². The Labute approximate surface area is 111 Å². The monoisotopic (exact) mass is 262 g/mol. The molecule has 0 saturated carbocycles. The normalized spacial score (nSPS) is 16.9. The molecule has 1 aromatic heterocycles. The lowest BCUT2D eigenvalue weighted by atomic mass is 10.1. The summed E-state index contributed by atoms with van der Waals surface area (Å²) in [5.41, 5.74) is 2.00. The third-order valence-corrected chi connectivity index (χ3v) is 3.47. The van der Waals surface area contributed by atoms with E-state index in [1.165, 1.54) is 0 Å². The first-order valence-corrected chi connectivity index (χ1v) is 6.59. The van der Waals surface area contributed by atoms with Crippen LogP contribution in [0.25, 0.3) is 10.9 Å². The van der Waals surface area contributed by atoms with E-state index in [1.807, 2.05) is 30.5 Å². The average Bonchev–Trinajstić information content (AvgIpc) is 2.40. The summed E-state index contributed by atoms with van der Waals surface area (Å²) in [5.74, 6) is 0. The number of benzene rings is 1. The van der Waals surface area contributed by atoms with Crippen LogP contribution in [0.15, 0.2) is 30.5 Å². The summed E-state index contributed by atoms with van der Waals surface area (Å²) in [6.07, 6.45) is 3.87. The molecule has 0 aliphatic carbocycles. The van der Waals surface area contributed by atoms with Crippen LogP contribution in [-0.4, -0.2) is 24.2 Å². The highest BCUT2D eigenvalue weighted by Crippen LogP contribution is 2.27. The number of nitrogens with one attached hydrogen (secondary N) is 1. The van der Waals surface area contributed by atoms with Crippen molar-refractivity contribution in [2.45, 2.75) is 18.9 Å².